The molecule has 0 atom stereocenters. The van der Waals surface area contributed by atoms with E-state index in [1.54, 1.807) is 13.0 Å². The first kappa shape index (κ1) is 13.4. The van der Waals surface area contributed by atoms with Gasteiger partial charge in [0.1, 0.15) is 5.75 Å². The van der Waals surface area contributed by atoms with E-state index in [0.29, 0.717) is 5.56 Å². The maximum absolute atomic E-state index is 11.4. The number of ether oxygens (including phenoxy) is 1. The van der Waals surface area contributed by atoms with E-state index in [4.69, 9.17) is 9.88 Å². The molecule has 0 unspecified atom stereocenters. The van der Waals surface area contributed by atoms with Gasteiger partial charge in [-0.15, -0.1) is 0 Å². The lowest BCUT2D eigenvalue weighted by molar-refractivity contribution is 0.208. The van der Waals surface area contributed by atoms with Crippen molar-refractivity contribution in [2.75, 3.05) is 0 Å². The third-order valence-corrected chi connectivity index (χ3v) is 4.65. The smallest absolute Gasteiger partial charge is 0.238 e. The molecule has 0 amide bonds. The molecule has 1 aromatic rings. The minimum Gasteiger partial charge on any atom is -0.490 e. The van der Waals surface area contributed by atoms with Crippen molar-refractivity contribution in [3.8, 4) is 5.75 Å². The molecule has 0 heterocycles. The Kier molecular flexibility index (Phi) is 3.64. The summed E-state index contributed by atoms with van der Waals surface area (Å²) in [7, 11) is -3.66. The Morgan fingerprint density at radius 3 is 2.33 bits per heavy atom. The molecule has 0 saturated heterocycles. The topological polar surface area (TPSA) is 69.4 Å². The average molecular weight is 269 g/mol. The monoisotopic (exact) mass is 269 g/mol. The quantitative estimate of drug-likeness (QED) is 0.915. The number of sulfonamides is 1. The number of rotatable bonds is 3. The first-order chi connectivity index (χ1) is 8.39. The standard InChI is InChI=1S/C13H19NO3S/c1-9-10(2)13(18(14,15)16)8-7-12(9)17-11-5-3-4-6-11/h7-8,11H,3-6H2,1-2H3,(H2,14,15,16). The molecular formula is C13H19NO3S. The first-order valence-corrected chi connectivity index (χ1v) is 7.74. The van der Waals surface area contributed by atoms with Crippen molar-refractivity contribution < 1.29 is 13.2 Å². The Balaban J connectivity index is 2.31. The van der Waals surface area contributed by atoms with Crippen molar-refractivity contribution in [3.05, 3.63) is 23.3 Å². The van der Waals surface area contributed by atoms with Gasteiger partial charge in [0.15, 0.2) is 0 Å². The van der Waals surface area contributed by atoms with Gasteiger partial charge in [0, 0.05) is 0 Å². The summed E-state index contributed by atoms with van der Waals surface area (Å²) in [6.07, 6.45) is 4.84. The van der Waals surface area contributed by atoms with Crippen molar-refractivity contribution in [2.45, 2.75) is 50.5 Å². The molecule has 1 aliphatic carbocycles. The number of nitrogens with two attached hydrogens (primary N) is 1. The second-order valence-electron chi connectivity index (χ2n) is 4.88. The number of hydrogen-bond donors (Lipinski definition) is 1. The molecule has 1 fully saturated rings. The summed E-state index contributed by atoms with van der Waals surface area (Å²) in [6.45, 7) is 3.63. The van der Waals surface area contributed by atoms with Crippen LogP contribution in [0.15, 0.2) is 17.0 Å². The van der Waals surface area contributed by atoms with Gasteiger partial charge in [0.2, 0.25) is 10.0 Å². The highest BCUT2D eigenvalue weighted by Crippen LogP contribution is 2.30. The fourth-order valence-corrected chi connectivity index (χ4v) is 3.23. The van der Waals surface area contributed by atoms with E-state index in [1.807, 2.05) is 6.92 Å². The Labute approximate surface area is 108 Å². The van der Waals surface area contributed by atoms with Crippen molar-refractivity contribution in [1.29, 1.82) is 0 Å². The van der Waals surface area contributed by atoms with E-state index in [1.165, 1.54) is 18.9 Å². The van der Waals surface area contributed by atoms with Crippen LogP contribution in [0.4, 0.5) is 0 Å². The summed E-state index contributed by atoms with van der Waals surface area (Å²) in [6, 6.07) is 3.24. The summed E-state index contributed by atoms with van der Waals surface area (Å²) < 4.78 is 28.7. The number of benzene rings is 1. The van der Waals surface area contributed by atoms with Crippen molar-refractivity contribution >= 4 is 10.0 Å². The van der Waals surface area contributed by atoms with Gasteiger partial charge in [0.05, 0.1) is 11.0 Å². The molecule has 0 bridgehead atoms. The third-order valence-electron chi connectivity index (χ3n) is 3.59. The minimum absolute atomic E-state index is 0.179. The highest BCUT2D eigenvalue weighted by Gasteiger charge is 2.20. The third kappa shape index (κ3) is 2.67. The van der Waals surface area contributed by atoms with Gasteiger partial charge in [0.25, 0.3) is 0 Å². The van der Waals surface area contributed by atoms with Crippen LogP contribution in [0.2, 0.25) is 0 Å². The highest BCUT2D eigenvalue weighted by molar-refractivity contribution is 7.89. The van der Waals surface area contributed by atoms with Crippen molar-refractivity contribution in [1.82, 2.24) is 0 Å². The van der Waals surface area contributed by atoms with Gasteiger partial charge in [-0.1, -0.05) is 0 Å². The molecule has 18 heavy (non-hydrogen) atoms. The molecule has 0 spiro atoms. The fraction of sp³-hybridized carbons (Fsp3) is 0.538. The van der Waals surface area contributed by atoms with Gasteiger partial charge < -0.3 is 4.74 Å². The zero-order chi connectivity index (χ0) is 13.3. The lowest BCUT2D eigenvalue weighted by Crippen LogP contribution is -2.16. The average Bonchev–Trinajstić information content (AvgIpc) is 2.76. The van der Waals surface area contributed by atoms with Crippen LogP contribution in [-0.2, 0) is 10.0 Å². The maximum atomic E-state index is 11.4. The van der Waals surface area contributed by atoms with E-state index >= 15 is 0 Å². The fourth-order valence-electron chi connectivity index (χ4n) is 2.39. The van der Waals surface area contributed by atoms with E-state index in [9.17, 15) is 8.42 Å². The van der Waals surface area contributed by atoms with Crippen molar-refractivity contribution in [3.63, 3.8) is 0 Å². The lowest BCUT2D eigenvalue weighted by Gasteiger charge is -2.17. The SMILES string of the molecule is Cc1c(OC2CCCC2)ccc(S(N)(=O)=O)c1C. The largest absolute Gasteiger partial charge is 0.490 e. The molecule has 1 saturated carbocycles. The van der Waals surface area contributed by atoms with Gasteiger partial charge in [-0.05, 0) is 62.8 Å². The van der Waals surface area contributed by atoms with Crippen LogP contribution in [0.25, 0.3) is 0 Å². The van der Waals surface area contributed by atoms with Crippen LogP contribution >= 0.6 is 0 Å². The van der Waals surface area contributed by atoms with Gasteiger partial charge in [-0.2, -0.15) is 0 Å². The molecule has 2 rings (SSSR count). The second kappa shape index (κ2) is 4.90. The summed E-state index contributed by atoms with van der Waals surface area (Å²) in [5.74, 6) is 0.770. The summed E-state index contributed by atoms with van der Waals surface area (Å²) in [4.78, 5) is 0.179. The Hall–Kier alpha value is -1.07. The van der Waals surface area contributed by atoms with E-state index in [0.717, 1.165) is 24.2 Å². The lowest BCUT2D eigenvalue weighted by atomic mass is 10.1. The van der Waals surface area contributed by atoms with Crippen LogP contribution in [0.5, 0.6) is 5.75 Å². The first-order valence-electron chi connectivity index (χ1n) is 6.19. The Morgan fingerprint density at radius 2 is 1.78 bits per heavy atom. The second-order valence-corrected chi connectivity index (χ2v) is 6.41. The number of primary sulfonamides is 1. The molecule has 0 aromatic heterocycles. The molecule has 0 radical (unpaired) electrons. The summed E-state index contributed by atoms with van der Waals surface area (Å²) in [5, 5.41) is 5.17. The molecule has 1 aromatic carbocycles. The van der Waals surface area contributed by atoms with Crippen LogP contribution in [0.3, 0.4) is 0 Å². The minimum atomic E-state index is -3.66. The molecule has 4 nitrogen and oxygen atoms in total. The Bertz CT molecular complexity index is 546. The molecule has 5 heteroatoms. The summed E-state index contributed by atoms with van der Waals surface area (Å²) in [5.41, 5.74) is 1.53. The molecule has 0 aliphatic heterocycles. The zero-order valence-electron chi connectivity index (χ0n) is 10.8. The van der Waals surface area contributed by atoms with Crippen LogP contribution < -0.4 is 9.88 Å². The molecular weight excluding hydrogens is 250 g/mol. The van der Waals surface area contributed by atoms with E-state index in [-0.39, 0.29) is 11.0 Å². The number of hydrogen-bond acceptors (Lipinski definition) is 3. The van der Waals surface area contributed by atoms with E-state index < -0.39 is 10.0 Å². The molecule has 1 aliphatic rings. The van der Waals surface area contributed by atoms with Gasteiger partial charge in [-0.25, -0.2) is 13.6 Å². The van der Waals surface area contributed by atoms with Crippen LogP contribution in [0.1, 0.15) is 36.8 Å². The predicted molar refractivity (Wildman–Crippen MR) is 70.2 cm³/mol. The highest BCUT2D eigenvalue weighted by atomic mass is 32.2. The predicted octanol–water partition coefficient (Wildman–Crippen LogP) is 2.27. The van der Waals surface area contributed by atoms with Crippen LogP contribution in [-0.4, -0.2) is 14.5 Å². The van der Waals surface area contributed by atoms with Gasteiger partial charge in [-0.3, -0.25) is 0 Å². The van der Waals surface area contributed by atoms with E-state index in [2.05, 4.69) is 0 Å². The van der Waals surface area contributed by atoms with Gasteiger partial charge >= 0.3 is 0 Å². The molecule has 100 valence electrons. The zero-order valence-corrected chi connectivity index (χ0v) is 11.6. The van der Waals surface area contributed by atoms with Crippen molar-refractivity contribution in [2.24, 2.45) is 5.14 Å². The Morgan fingerprint density at radius 1 is 1.17 bits per heavy atom. The van der Waals surface area contributed by atoms with Crippen LogP contribution in [0, 0.1) is 13.8 Å². The summed E-state index contributed by atoms with van der Waals surface area (Å²) >= 11 is 0. The maximum Gasteiger partial charge on any atom is 0.238 e. The molecule has 2 N–H and O–H groups in total. The normalized spacial score (nSPS) is 17.1.